The zero-order chi connectivity index (χ0) is 13.3. The first-order valence-electron chi connectivity index (χ1n) is 7.15. The summed E-state index contributed by atoms with van der Waals surface area (Å²) in [4.78, 5) is 14.2. The zero-order valence-electron chi connectivity index (χ0n) is 12.0. The van der Waals surface area contributed by atoms with Gasteiger partial charge in [0.1, 0.15) is 5.60 Å². The number of carbonyl (C=O) groups is 1. The molecule has 2 aliphatic heterocycles. The van der Waals surface area contributed by atoms with Gasteiger partial charge in [0.15, 0.2) is 0 Å². The summed E-state index contributed by atoms with van der Waals surface area (Å²) in [5.74, 6) is 0. The molecule has 2 atom stereocenters. The smallest absolute Gasteiger partial charge is 0.410 e. The van der Waals surface area contributed by atoms with Crippen molar-refractivity contribution in [1.82, 2.24) is 10.2 Å². The second-order valence-electron chi connectivity index (χ2n) is 6.50. The number of ether oxygens (including phenoxy) is 1. The van der Waals surface area contributed by atoms with Crippen molar-refractivity contribution in [3.05, 3.63) is 0 Å². The van der Waals surface area contributed by atoms with Crippen molar-refractivity contribution in [1.29, 1.82) is 0 Å². The van der Waals surface area contributed by atoms with E-state index >= 15 is 0 Å². The van der Waals surface area contributed by atoms with Crippen molar-refractivity contribution in [3.8, 4) is 0 Å². The van der Waals surface area contributed by atoms with Crippen molar-refractivity contribution >= 4 is 6.09 Å². The maximum Gasteiger partial charge on any atom is 0.410 e. The van der Waals surface area contributed by atoms with E-state index in [0.717, 1.165) is 32.2 Å². The first kappa shape index (κ1) is 13.7. The topological polar surface area (TPSA) is 41.6 Å². The number of nitrogens with one attached hydrogen (secondary N) is 1. The Labute approximate surface area is 110 Å². The first-order valence-corrected chi connectivity index (χ1v) is 7.15. The van der Waals surface area contributed by atoms with E-state index < -0.39 is 5.60 Å². The van der Waals surface area contributed by atoms with Crippen LogP contribution in [0.15, 0.2) is 0 Å². The lowest BCUT2D eigenvalue weighted by Gasteiger charge is -2.39. The summed E-state index contributed by atoms with van der Waals surface area (Å²) >= 11 is 0. The number of amides is 1. The molecule has 1 amide bonds. The SMILES string of the molecule is CCNC1C[C@@H]2CC[C@@H](C1)N2C(=O)OC(C)(C)C. The van der Waals surface area contributed by atoms with Gasteiger partial charge in [0.05, 0.1) is 0 Å². The van der Waals surface area contributed by atoms with Gasteiger partial charge in [-0.15, -0.1) is 0 Å². The van der Waals surface area contributed by atoms with Crippen LogP contribution in [0.5, 0.6) is 0 Å². The van der Waals surface area contributed by atoms with Crippen molar-refractivity contribution in [2.24, 2.45) is 0 Å². The summed E-state index contributed by atoms with van der Waals surface area (Å²) in [6.45, 7) is 8.94. The standard InChI is InChI=1S/C14H26N2O2/c1-5-15-10-8-11-6-7-12(9-10)16(11)13(17)18-14(2,3)4/h10-12,15H,5-9H2,1-4H3/t11-,12-/m0/s1. The molecular formula is C14H26N2O2. The van der Waals surface area contributed by atoms with Crippen LogP contribution >= 0.6 is 0 Å². The Morgan fingerprint density at radius 2 is 1.83 bits per heavy atom. The summed E-state index contributed by atoms with van der Waals surface area (Å²) < 4.78 is 5.52. The van der Waals surface area contributed by atoms with E-state index in [4.69, 9.17) is 4.74 Å². The molecule has 2 rings (SSSR count). The third-order valence-electron chi connectivity index (χ3n) is 3.83. The molecule has 0 unspecified atom stereocenters. The highest BCUT2D eigenvalue weighted by atomic mass is 16.6. The Hall–Kier alpha value is -0.770. The Morgan fingerprint density at radius 1 is 1.28 bits per heavy atom. The van der Waals surface area contributed by atoms with Gasteiger partial charge in [0.2, 0.25) is 0 Å². The highest BCUT2D eigenvalue weighted by Gasteiger charge is 2.44. The van der Waals surface area contributed by atoms with Gasteiger partial charge in [-0.2, -0.15) is 0 Å². The fourth-order valence-electron chi connectivity index (χ4n) is 3.25. The summed E-state index contributed by atoms with van der Waals surface area (Å²) in [7, 11) is 0. The van der Waals surface area contributed by atoms with Crippen LogP contribution in [0.4, 0.5) is 4.79 Å². The van der Waals surface area contributed by atoms with Crippen molar-refractivity contribution in [2.75, 3.05) is 6.54 Å². The third kappa shape index (κ3) is 2.97. The lowest BCUT2D eigenvalue weighted by molar-refractivity contribution is 0.00482. The molecule has 0 aromatic heterocycles. The number of carbonyl (C=O) groups excluding carboxylic acids is 1. The van der Waals surface area contributed by atoms with E-state index in [1.54, 1.807) is 0 Å². The monoisotopic (exact) mass is 254 g/mol. The van der Waals surface area contributed by atoms with Gasteiger partial charge in [-0.1, -0.05) is 6.92 Å². The van der Waals surface area contributed by atoms with Crippen LogP contribution in [0, 0.1) is 0 Å². The van der Waals surface area contributed by atoms with Crippen LogP contribution in [0.2, 0.25) is 0 Å². The molecule has 4 heteroatoms. The summed E-state index contributed by atoms with van der Waals surface area (Å²) in [6, 6.07) is 1.33. The van der Waals surface area contributed by atoms with Crippen molar-refractivity contribution in [3.63, 3.8) is 0 Å². The third-order valence-corrected chi connectivity index (χ3v) is 3.83. The van der Waals surface area contributed by atoms with E-state index in [2.05, 4.69) is 12.2 Å². The molecule has 104 valence electrons. The fraction of sp³-hybridized carbons (Fsp3) is 0.929. The molecule has 18 heavy (non-hydrogen) atoms. The summed E-state index contributed by atoms with van der Waals surface area (Å²) in [6.07, 6.45) is 4.29. The highest BCUT2D eigenvalue weighted by Crippen LogP contribution is 2.36. The van der Waals surface area contributed by atoms with Crippen LogP contribution in [-0.2, 0) is 4.74 Å². The Morgan fingerprint density at radius 3 is 2.28 bits per heavy atom. The molecule has 0 aliphatic carbocycles. The molecule has 2 aliphatic rings. The molecule has 0 radical (unpaired) electrons. The van der Waals surface area contributed by atoms with Crippen molar-refractivity contribution < 1.29 is 9.53 Å². The predicted octanol–water partition coefficient (Wildman–Crippen LogP) is 2.53. The molecule has 2 heterocycles. The van der Waals surface area contributed by atoms with Gasteiger partial charge in [-0.3, -0.25) is 0 Å². The Kier molecular flexibility index (Phi) is 3.85. The first-order chi connectivity index (χ1) is 8.40. The van der Waals surface area contributed by atoms with Gasteiger partial charge in [-0.05, 0) is 53.0 Å². The number of hydrogen-bond acceptors (Lipinski definition) is 3. The molecule has 0 aromatic carbocycles. The number of piperidine rings is 1. The van der Waals surface area contributed by atoms with E-state index in [9.17, 15) is 4.79 Å². The van der Waals surface area contributed by atoms with Crippen LogP contribution in [0.3, 0.4) is 0 Å². The van der Waals surface area contributed by atoms with Crippen molar-refractivity contribution in [2.45, 2.75) is 77.1 Å². The highest BCUT2D eigenvalue weighted by molar-refractivity contribution is 5.69. The predicted molar refractivity (Wildman–Crippen MR) is 71.6 cm³/mol. The number of hydrogen-bond donors (Lipinski definition) is 1. The molecule has 0 aromatic rings. The van der Waals surface area contributed by atoms with E-state index in [0.29, 0.717) is 18.1 Å². The van der Waals surface area contributed by atoms with Crippen LogP contribution in [0.25, 0.3) is 0 Å². The number of fused-ring (bicyclic) bond motifs is 2. The number of nitrogens with zero attached hydrogens (tertiary/aromatic N) is 1. The largest absolute Gasteiger partial charge is 0.444 e. The molecule has 2 fully saturated rings. The molecular weight excluding hydrogens is 228 g/mol. The summed E-state index contributed by atoms with van der Waals surface area (Å²) in [5.41, 5.74) is -0.394. The number of rotatable bonds is 2. The molecule has 4 nitrogen and oxygen atoms in total. The average Bonchev–Trinajstić information content (AvgIpc) is 2.49. The molecule has 1 N–H and O–H groups in total. The van der Waals surface area contributed by atoms with Crippen LogP contribution < -0.4 is 5.32 Å². The molecule has 2 saturated heterocycles. The average molecular weight is 254 g/mol. The minimum Gasteiger partial charge on any atom is -0.444 e. The minimum absolute atomic E-state index is 0.120. The fourth-order valence-corrected chi connectivity index (χ4v) is 3.25. The second-order valence-corrected chi connectivity index (χ2v) is 6.50. The van der Waals surface area contributed by atoms with Crippen LogP contribution in [0.1, 0.15) is 53.4 Å². The van der Waals surface area contributed by atoms with Gasteiger partial charge in [0.25, 0.3) is 0 Å². The Bertz CT molecular complexity index is 297. The van der Waals surface area contributed by atoms with E-state index in [1.807, 2.05) is 25.7 Å². The maximum absolute atomic E-state index is 12.2. The minimum atomic E-state index is -0.394. The Balaban J connectivity index is 1.98. The molecule has 2 bridgehead atoms. The van der Waals surface area contributed by atoms with Gasteiger partial charge >= 0.3 is 6.09 Å². The van der Waals surface area contributed by atoms with Crippen LogP contribution in [-0.4, -0.2) is 41.3 Å². The lowest BCUT2D eigenvalue weighted by Crippen LogP contribution is -2.52. The second kappa shape index (κ2) is 5.08. The van der Waals surface area contributed by atoms with Gasteiger partial charge in [0, 0.05) is 18.1 Å². The van der Waals surface area contributed by atoms with E-state index in [1.165, 1.54) is 0 Å². The summed E-state index contributed by atoms with van der Waals surface area (Å²) in [5, 5.41) is 3.51. The maximum atomic E-state index is 12.2. The normalized spacial score (nSPS) is 31.6. The molecule has 0 saturated carbocycles. The van der Waals surface area contributed by atoms with E-state index in [-0.39, 0.29) is 6.09 Å². The van der Waals surface area contributed by atoms with Gasteiger partial charge in [-0.25, -0.2) is 4.79 Å². The zero-order valence-corrected chi connectivity index (χ0v) is 12.0. The molecule has 0 spiro atoms. The lowest BCUT2D eigenvalue weighted by atomic mass is 9.98. The quantitative estimate of drug-likeness (QED) is 0.823. The van der Waals surface area contributed by atoms with Gasteiger partial charge < -0.3 is 15.0 Å².